The van der Waals surface area contributed by atoms with Crippen LogP contribution in [-0.4, -0.2) is 49.3 Å². The molecule has 0 aromatic carbocycles. The molecule has 0 rings (SSSR count). The van der Waals surface area contributed by atoms with Crippen LogP contribution < -0.4 is 5.73 Å². The number of phosphoric acid groups is 1. The van der Waals surface area contributed by atoms with Gasteiger partial charge in [0.1, 0.15) is 6.61 Å². The molecule has 0 aliphatic heterocycles. The maximum absolute atomic E-state index is 12.7. The number of hydrogen-bond donors (Lipinski definition) is 2. The standard InChI is InChI=1S/C67H126NO8P/c1-3-5-7-9-11-13-15-17-19-21-22-23-24-25-26-27-28-29-30-31-32-33-34-35-36-37-38-39-40-41-42-44-45-47-49-51-53-55-57-59-66(69)73-63-65(64-75-77(71,72)74-62-61-68)76-67(70)60-58-56-54-52-50-48-46-43-20-18-16-14-12-10-8-6-4-2/h6,8,12,14,18,20,46,48,65H,3-5,7,9-11,13,15-17,19,21-45,47,49-64,68H2,1-2H3,(H,71,72)/b8-6-,14-12-,20-18-,48-46-. The number of esters is 2. The zero-order valence-corrected chi connectivity index (χ0v) is 51.6. The number of allylic oxidation sites excluding steroid dienone is 8. The highest BCUT2D eigenvalue weighted by molar-refractivity contribution is 7.47. The molecule has 0 saturated heterocycles. The van der Waals surface area contributed by atoms with E-state index in [0.29, 0.717) is 6.42 Å². The first-order valence-electron chi connectivity index (χ1n) is 33.1. The van der Waals surface area contributed by atoms with Crippen molar-refractivity contribution < 1.29 is 37.6 Å². The second-order valence-corrected chi connectivity index (χ2v) is 23.8. The zero-order valence-electron chi connectivity index (χ0n) is 50.7. The van der Waals surface area contributed by atoms with Crippen LogP contribution in [0.2, 0.25) is 0 Å². The van der Waals surface area contributed by atoms with E-state index in [-0.39, 0.29) is 38.6 Å². The van der Waals surface area contributed by atoms with Gasteiger partial charge in [-0.2, -0.15) is 0 Å². The normalized spacial score (nSPS) is 13.2. The summed E-state index contributed by atoms with van der Waals surface area (Å²) in [6.45, 7) is 3.64. The van der Waals surface area contributed by atoms with Gasteiger partial charge in [-0.15, -0.1) is 0 Å². The largest absolute Gasteiger partial charge is 0.472 e. The maximum atomic E-state index is 12.7. The lowest BCUT2D eigenvalue weighted by Crippen LogP contribution is -2.29. The number of hydrogen-bond acceptors (Lipinski definition) is 8. The smallest absolute Gasteiger partial charge is 0.462 e. The van der Waals surface area contributed by atoms with Gasteiger partial charge in [0.05, 0.1) is 13.2 Å². The average molecular weight is 1100 g/mol. The fourth-order valence-corrected chi connectivity index (χ4v) is 10.6. The molecule has 0 saturated carbocycles. The number of rotatable bonds is 63. The molecule has 0 aliphatic rings. The molecule has 0 radical (unpaired) electrons. The molecule has 0 amide bonds. The molecule has 0 bridgehead atoms. The van der Waals surface area contributed by atoms with Crippen LogP contribution in [0.25, 0.3) is 0 Å². The molecule has 10 heteroatoms. The minimum Gasteiger partial charge on any atom is -0.462 e. The van der Waals surface area contributed by atoms with Gasteiger partial charge in [-0.1, -0.05) is 319 Å². The highest BCUT2D eigenvalue weighted by atomic mass is 31.2. The predicted octanol–water partition coefficient (Wildman–Crippen LogP) is 21.3. The van der Waals surface area contributed by atoms with Crippen LogP contribution in [0.4, 0.5) is 0 Å². The number of ether oxygens (including phenoxy) is 2. The van der Waals surface area contributed by atoms with E-state index in [4.69, 9.17) is 24.3 Å². The summed E-state index contributed by atoms with van der Waals surface area (Å²) < 4.78 is 33.0. The average Bonchev–Trinajstić information content (AvgIpc) is 3.42. The first-order valence-corrected chi connectivity index (χ1v) is 34.6. The second-order valence-electron chi connectivity index (χ2n) is 22.3. The molecule has 452 valence electrons. The Hall–Kier alpha value is -2.03. The van der Waals surface area contributed by atoms with Crippen LogP contribution in [-0.2, 0) is 32.7 Å². The van der Waals surface area contributed by atoms with Gasteiger partial charge < -0.3 is 20.1 Å². The summed E-state index contributed by atoms with van der Waals surface area (Å²) >= 11 is 0. The summed E-state index contributed by atoms with van der Waals surface area (Å²) in [5.74, 6) is -0.844. The Morgan fingerprint density at radius 2 is 0.714 bits per heavy atom. The summed E-state index contributed by atoms with van der Waals surface area (Å²) in [6, 6.07) is 0. The van der Waals surface area contributed by atoms with Crippen molar-refractivity contribution in [3.63, 3.8) is 0 Å². The van der Waals surface area contributed by atoms with Crippen LogP contribution in [0.15, 0.2) is 48.6 Å². The fourth-order valence-electron chi connectivity index (χ4n) is 9.87. The van der Waals surface area contributed by atoms with Gasteiger partial charge in [-0.3, -0.25) is 18.6 Å². The summed E-state index contributed by atoms with van der Waals surface area (Å²) in [4.78, 5) is 35.2. The van der Waals surface area contributed by atoms with Crippen molar-refractivity contribution in [2.24, 2.45) is 5.73 Å². The molecule has 77 heavy (non-hydrogen) atoms. The molecule has 0 fully saturated rings. The highest BCUT2D eigenvalue weighted by Crippen LogP contribution is 2.43. The Bertz CT molecular complexity index is 1400. The van der Waals surface area contributed by atoms with Crippen molar-refractivity contribution in [1.82, 2.24) is 0 Å². The number of carbonyl (C=O) groups is 2. The van der Waals surface area contributed by atoms with Gasteiger partial charge in [-0.05, 0) is 51.4 Å². The lowest BCUT2D eigenvalue weighted by atomic mass is 10.0. The van der Waals surface area contributed by atoms with E-state index in [1.54, 1.807) is 0 Å². The van der Waals surface area contributed by atoms with E-state index in [2.05, 4.69) is 62.5 Å². The topological polar surface area (TPSA) is 134 Å². The SMILES string of the molecule is CC/C=C\C/C=C\C/C=C\C/C=C\CCCCCCC(=O)OC(COC(=O)CCCCCCCCCCCCCCCCCCCCCCCCCCCCCCCCCCCCCCCCC)COP(=O)(O)OCCN. The summed E-state index contributed by atoms with van der Waals surface area (Å²) in [7, 11) is -4.39. The van der Waals surface area contributed by atoms with Crippen LogP contribution in [0.3, 0.4) is 0 Å². The van der Waals surface area contributed by atoms with E-state index in [0.717, 1.165) is 70.6 Å². The number of nitrogens with two attached hydrogens (primary N) is 1. The van der Waals surface area contributed by atoms with Crippen molar-refractivity contribution in [2.75, 3.05) is 26.4 Å². The van der Waals surface area contributed by atoms with E-state index < -0.39 is 26.5 Å². The fraction of sp³-hybridized carbons (Fsp3) is 0.851. The molecule has 0 aromatic heterocycles. The van der Waals surface area contributed by atoms with Gasteiger partial charge in [0.25, 0.3) is 0 Å². The van der Waals surface area contributed by atoms with Gasteiger partial charge in [0.2, 0.25) is 0 Å². The molecule has 2 unspecified atom stereocenters. The lowest BCUT2D eigenvalue weighted by molar-refractivity contribution is -0.161. The third-order valence-corrected chi connectivity index (χ3v) is 15.7. The Balaban J connectivity index is 3.74. The summed E-state index contributed by atoms with van der Waals surface area (Å²) in [6.07, 6.45) is 79.5. The summed E-state index contributed by atoms with van der Waals surface area (Å²) in [5, 5.41) is 0. The number of phosphoric ester groups is 1. The third-order valence-electron chi connectivity index (χ3n) is 14.7. The monoisotopic (exact) mass is 1100 g/mol. The van der Waals surface area contributed by atoms with E-state index in [9.17, 15) is 19.0 Å². The molecule has 0 heterocycles. The predicted molar refractivity (Wildman–Crippen MR) is 330 cm³/mol. The van der Waals surface area contributed by atoms with Gasteiger partial charge in [0.15, 0.2) is 6.10 Å². The van der Waals surface area contributed by atoms with Crippen LogP contribution >= 0.6 is 7.82 Å². The minimum atomic E-state index is -4.39. The van der Waals surface area contributed by atoms with Gasteiger partial charge in [0, 0.05) is 19.4 Å². The van der Waals surface area contributed by atoms with E-state index in [1.165, 1.54) is 231 Å². The maximum Gasteiger partial charge on any atom is 0.472 e. The Morgan fingerprint density at radius 3 is 1.06 bits per heavy atom. The minimum absolute atomic E-state index is 0.0488. The van der Waals surface area contributed by atoms with Crippen molar-refractivity contribution in [3.8, 4) is 0 Å². The molecule has 3 N–H and O–H groups in total. The van der Waals surface area contributed by atoms with Gasteiger partial charge in [-0.25, -0.2) is 4.57 Å². The lowest BCUT2D eigenvalue weighted by Gasteiger charge is -2.19. The Labute approximate surface area is 477 Å². The third kappa shape index (κ3) is 63.0. The molecule has 9 nitrogen and oxygen atoms in total. The van der Waals surface area contributed by atoms with Crippen LogP contribution in [0.5, 0.6) is 0 Å². The first-order chi connectivity index (χ1) is 37.8. The Morgan fingerprint density at radius 1 is 0.403 bits per heavy atom. The zero-order chi connectivity index (χ0) is 55.9. The number of unbranched alkanes of at least 4 members (excludes halogenated alkanes) is 42. The summed E-state index contributed by atoms with van der Waals surface area (Å²) in [5.41, 5.74) is 5.38. The molecule has 0 aromatic rings. The first kappa shape index (κ1) is 75.0. The van der Waals surface area contributed by atoms with Crippen LogP contribution in [0.1, 0.15) is 335 Å². The van der Waals surface area contributed by atoms with Crippen molar-refractivity contribution in [2.45, 2.75) is 341 Å². The van der Waals surface area contributed by atoms with Crippen LogP contribution in [0, 0.1) is 0 Å². The molecular formula is C67H126NO8P. The molecule has 0 spiro atoms. The molecular weight excluding hydrogens is 978 g/mol. The molecule has 0 aliphatic carbocycles. The Kier molecular flexibility index (Phi) is 61.5. The molecule has 2 atom stereocenters. The van der Waals surface area contributed by atoms with Crippen molar-refractivity contribution in [1.29, 1.82) is 0 Å². The highest BCUT2D eigenvalue weighted by Gasteiger charge is 2.26. The van der Waals surface area contributed by atoms with Crippen molar-refractivity contribution in [3.05, 3.63) is 48.6 Å². The second kappa shape index (κ2) is 63.2. The van der Waals surface area contributed by atoms with Gasteiger partial charge >= 0.3 is 19.8 Å². The van der Waals surface area contributed by atoms with Crippen molar-refractivity contribution >= 4 is 19.8 Å². The number of carbonyl (C=O) groups excluding carboxylic acids is 2. The van der Waals surface area contributed by atoms with E-state index in [1.807, 2.05) is 0 Å². The quantitative estimate of drug-likeness (QED) is 0.0264. The van der Waals surface area contributed by atoms with E-state index >= 15 is 0 Å².